The molecule has 1 atom stereocenters. The Morgan fingerprint density at radius 1 is 1.14 bits per heavy atom. The Hall–Kier alpha value is -2.93. The van der Waals surface area contributed by atoms with Crippen LogP contribution in [-0.4, -0.2) is 29.0 Å². The van der Waals surface area contributed by atoms with Gasteiger partial charge in [-0.05, 0) is 37.1 Å². The van der Waals surface area contributed by atoms with Gasteiger partial charge in [0.15, 0.2) is 17.3 Å². The summed E-state index contributed by atoms with van der Waals surface area (Å²) < 4.78 is 11.6. The minimum Gasteiger partial charge on any atom is -0.493 e. The van der Waals surface area contributed by atoms with Gasteiger partial charge in [-0.3, -0.25) is 9.89 Å². The van der Waals surface area contributed by atoms with E-state index in [-0.39, 0.29) is 11.2 Å². The van der Waals surface area contributed by atoms with E-state index >= 15 is 0 Å². The molecule has 3 aromatic rings. The fourth-order valence-electron chi connectivity index (χ4n) is 3.34. The molecule has 4 rings (SSSR count). The van der Waals surface area contributed by atoms with E-state index < -0.39 is 0 Å². The van der Waals surface area contributed by atoms with Gasteiger partial charge in [0.2, 0.25) is 5.91 Å². The maximum Gasteiger partial charge on any atom is 0.235 e. The van der Waals surface area contributed by atoms with Crippen molar-refractivity contribution in [3.05, 3.63) is 70.4 Å². The molecule has 0 spiro atoms. The average Bonchev–Trinajstić information content (AvgIpc) is 2.98. The number of nitrogens with zero attached hydrogens (tertiary/aromatic N) is 1. The molecule has 0 bridgehead atoms. The lowest BCUT2D eigenvalue weighted by Crippen LogP contribution is -2.12. The molecule has 0 unspecified atom stereocenters. The molecular weight excluding hydrogens is 386 g/mol. The average molecular weight is 410 g/mol. The van der Waals surface area contributed by atoms with Crippen LogP contribution < -0.4 is 14.8 Å². The van der Waals surface area contributed by atoms with Gasteiger partial charge in [0, 0.05) is 11.3 Å². The number of carbonyl (C=O) groups excluding carboxylic acids is 1. The van der Waals surface area contributed by atoms with Crippen LogP contribution in [-0.2, 0) is 11.4 Å². The first-order valence-electron chi connectivity index (χ1n) is 9.37. The number of rotatable bonds is 5. The Kier molecular flexibility index (Phi) is 5.49. The number of thioether (sulfide) groups is 1. The number of ether oxygens (including phenoxy) is 2. The van der Waals surface area contributed by atoms with Crippen LogP contribution in [0.25, 0.3) is 0 Å². The first-order chi connectivity index (χ1) is 14.0. The van der Waals surface area contributed by atoms with E-state index in [1.807, 2.05) is 25.1 Å². The summed E-state index contributed by atoms with van der Waals surface area (Å²) in [6, 6.07) is 14.2. The lowest BCUT2D eigenvalue weighted by atomic mass is 10.0. The van der Waals surface area contributed by atoms with E-state index in [0.29, 0.717) is 29.7 Å². The maximum atomic E-state index is 12.0. The predicted octanol–water partition coefficient (Wildman–Crippen LogP) is 4.39. The smallest absolute Gasteiger partial charge is 0.235 e. The zero-order valence-corrected chi connectivity index (χ0v) is 17.4. The van der Waals surface area contributed by atoms with Crippen LogP contribution in [0.5, 0.6) is 11.5 Å². The molecule has 0 aliphatic carbocycles. The topological polar surface area (TPSA) is 76.2 Å². The van der Waals surface area contributed by atoms with E-state index in [2.05, 4.69) is 46.7 Å². The van der Waals surface area contributed by atoms with Gasteiger partial charge in [-0.1, -0.05) is 35.9 Å². The van der Waals surface area contributed by atoms with Crippen molar-refractivity contribution in [2.75, 3.05) is 18.2 Å². The Morgan fingerprint density at radius 3 is 2.69 bits per heavy atom. The summed E-state index contributed by atoms with van der Waals surface area (Å²) in [5.41, 5.74) is 5.30. The molecule has 1 amide bonds. The summed E-state index contributed by atoms with van der Waals surface area (Å²) in [7, 11) is 1.64. The van der Waals surface area contributed by atoms with Crippen molar-refractivity contribution >= 4 is 23.5 Å². The minimum atomic E-state index is -0.0460. The number of H-pyrrole nitrogens is 1. The third kappa shape index (κ3) is 4.10. The highest BCUT2D eigenvalue weighted by molar-refractivity contribution is 8.00. The summed E-state index contributed by atoms with van der Waals surface area (Å²) in [4.78, 5) is 12.0. The van der Waals surface area contributed by atoms with E-state index in [1.165, 1.54) is 5.56 Å². The molecule has 2 heterocycles. The van der Waals surface area contributed by atoms with Crippen molar-refractivity contribution in [3.8, 4) is 11.5 Å². The molecule has 0 radical (unpaired) electrons. The molecule has 6 nitrogen and oxygen atoms in total. The molecule has 2 aromatic carbocycles. The second-order valence-corrected chi connectivity index (χ2v) is 8.13. The van der Waals surface area contributed by atoms with E-state index in [9.17, 15) is 4.79 Å². The third-order valence-electron chi connectivity index (χ3n) is 4.90. The van der Waals surface area contributed by atoms with Crippen LogP contribution in [0.3, 0.4) is 0 Å². The molecule has 1 aromatic heterocycles. The van der Waals surface area contributed by atoms with E-state index in [0.717, 1.165) is 22.4 Å². The molecule has 0 saturated heterocycles. The monoisotopic (exact) mass is 409 g/mol. The van der Waals surface area contributed by atoms with Gasteiger partial charge in [-0.15, -0.1) is 11.8 Å². The van der Waals surface area contributed by atoms with Crippen molar-refractivity contribution in [2.24, 2.45) is 0 Å². The second kappa shape index (κ2) is 8.21. The van der Waals surface area contributed by atoms with Gasteiger partial charge in [0.25, 0.3) is 0 Å². The van der Waals surface area contributed by atoms with Crippen molar-refractivity contribution in [1.29, 1.82) is 0 Å². The van der Waals surface area contributed by atoms with Gasteiger partial charge in [0.1, 0.15) is 6.61 Å². The molecular formula is C22H23N3O3S. The number of nitrogens with one attached hydrogen (secondary N) is 2. The summed E-state index contributed by atoms with van der Waals surface area (Å²) in [5.74, 6) is 2.28. The van der Waals surface area contributed by atoms with E-state index in [4.69, 9.17) is 9.47 Å². The number of fused-ring (bicyclic) bond motifs is 1. The zero-order valence-electron chi connectivity index (χ0n) is 16.6. The van der Waals surface area contributed by atoms with Crippen LogP contribution in [0.2, 0.25) is 0 Å². The number of hydrogen-bond donors (Lipinski definition) is 2. The summed E-state index contributed by atoms with van der Waals surface area (Å²) in [5, 5.41) is 10.1. The van der Waals surface area contributed by atoms with Gasteiger partial charge in [-0.2, -0.15) is 5.10 Å². The van der Waals surface area contributed by atoms with Gasteiger partial charge >= 0.3 is 0 Å². The highest BCUT2D eigenvalue weighted by atomic mass is 32.2. The molecule has 0 fully saturated rings. The van der Waals surface area contributed by atoms with E-state index in [1.54, 1.807) is 18.9 Å². The zero-order chi connectivity index (χ0) is 20.4. The summed E-state index contributed by atoms with van der Waals surface area (Å²) >= 11 is 1.57. The molecule has 2 N–H and O–H groups in total. The number of aromatic amines is 1. The largest absolute Gasteiger partial charge is 0.493 e. The SMILES string of the molecule is COc1cc([C@H]2SCC(=O)Nc3n[nH]c(C)c32)ccc1OCc1ccc(C)cc1. The first-order valence-corrected chi connectivity index (χ1v) is 10.4. The number of carbonyl (C=O) groups is 1. The molecule has 0 saturated carbocycles. The number of amides is 1. The second-order valence-electron chi connectivity index (χ2n) is 7.03. The number of benzene rings is 2. The molecule has 7 heteroatoms. The fraction of sp³-hybridized carbons (Fsp3) is 0.273. The van der Waals surface area contributed by atoms with Crippen LogP contribution in [0.1, 0.15) is 33.2 Å². The maximum absolute atomic E-state index is 12.0. The van der Waals surface area contributed by atoms with Crippen molar-refractivity contribution in [1.82, 2.24) is 10.2 Å². The van der Waals surface area contributed by atoms with Crippen LogP contribution in [0.4, 0.5) is 5.82 Å². The number of methoxy groups -OCH3 is 1. The number of anilines is 1. The highest BCUT2D eigenvalue weighted by Gasteiger charge is 2.28. The minimum absolute atomic E-state index is 0.0252. The van der Waals surface area contributed by atoms with Crippen LogP contribution in [0.15, 0.2) is 42.5 Å². The van der Waals surface area contributed by atoms with Crippen molar-refractivity contribution < 1.29 is 14.3 Å². The Bertz CT molecular complexity index is 1030. The number of aryl methyl sites for hydroxylation is 2. The van der Waals surface area contributed by atoms with Gasteiger partial charge in [-0.25, -0.2) is 0 Å². The summed E-state index contributed by atoms with van der Waals surface area (Å²) in [6.45, 7) is 4.50. The van der Waals surface area contributed by atoms with Crippen LogP contribution in [0, 0.1) is 13.8 Å². The summed E-state index contributed by atoms with van der Waals surface area (Å²) in [6.07, 6.45) is 0. The number of hydrogen-bond acceptors (Lipinski definition) is 5. The quantitative estimate of drug-likeness (QED) is 0.654. The molecule has 1 aliphatic rings. The standard InChI is InChI=1S/C22H23N3O3S/c1-13-4-6-15(7-5-13)11-28-17-9-8-16(10-18(17)27-3)21-20-14(2)24-25-22(20)23-19(26)12-29-21/h4-10,21H,11-12H2,1-3H3,(H2,23,24,25,26)/t21-/m1/s1. The van der Waals surface area contributed by atoms with Gasteiger partial charge < -0.3 is 14.8 Å². The predicted molar refractivity (Wildman–Crippen MR) is 115 cm³/mol. The lowest BCUT2D eigenvalue weighted by molar-refractivity contribution is -0.113. The Labute approximate surface area is 174 Å². The molecule has 1 aliphatic heterocycles. The third-order valence-corrected chi connectivity index (χ3v) is 6.17. The van der Waals surface area contributed by atoms with Crippen molar-refractivity contribution in [3.63, 3.8) is 0 Å². The Balaban J connectivity index is 1.60. The Morgan fingerprint density at radius 2 is 1.93 bits per heavy atom. The lowest BCUT2D eigenvalue weighted by Gasteiger charge is -2.18. The van der Waals surface area contributed by atoms with Gasteiger partial charge in [0.05, 0.1) is 18.1 Å². The normalized spacial score (nSPS) is 16.0. The van der Waals surface area contributed by atoms with Crippen LogP contribution >= 0.6 is 11.8 Å². The molecule has 150 valence electrons. The first kappa shape index (κ1) is 19.4. The number of aromatic nitrogens is 2. The highest BCUT2D eigenvalue weighted by Crippen LogP contribution is 2.44. The fourth-order valence-corrected chi connectivity index (χ4v) is 4.52. The molecule has 29 heavy (non-hydrogen) atoms. The van der Waals surface area contributed by atoms with Crippen molar-refractivity contribution in [2.45, 2.75) is 25.7 Å².